The largest absolute Gasteiger partial charge is 0.480 e. The molecule has 0 aromatic rings. The molecule has 1 N–H and O–H groups in total. The second-order valence-corrected chi connectivity index (χ2v) is 6.05. The Morgan fingerprint density at radius 3 is 2.06 bits per heavy atom. The molecule has 0 aliphatic heterocycles. The molecule has 0 fully saturated rings. The Kier molecular flexibility index (Phi) is 6.25. The molecule has 94 valence electrons. The lowest BCUT2D eigenvalue weighted by Gasteiger charge is -2.14. The molecule has 16 heavy (non-hydrogen) atoms. The number of hydrogen-bond donors (Lipinski definition) is 1. The first-order valence-electron chi connectivity index (χ1n) is 5.06. The summed E-state index contributed by atoms with van der Waals surface area (Å²) < 4.78 is 16.5. The summed E-state index contributed by atoms with van der Waals surface area (Å²) in [6.07, 6.45) is 0. The fourth-order valence-corrected chi connectivity index (χ4v) is 1.94. The van der Waals surface area contributed by atoms with E-state index in [4.69, 9.17) is 9.84 Å². The minimum absolute atomic E-state index is 0.196. The van der Waals surface area contributed by atoms with Crippen LogP contribution in [0.1, 0.15) is 27.7 Å². The smallest absolute Gasteiger partial charge is 0.321 e. The molecule has 0 saturated carbocycles. The summed E-state index contributed by atoms with van der Waals surface area (Å²) in [5.74, 6) is -1.59. The molecule has 0 heterocycles. The SMILES string of the molecule is CC(C)COC(=O)C(C)S(=O)C(C)C(=O)O. The number of esters is 1. The third-order valence-electron chi connectivity index (χ3n) is 1.94. The predicted molar refractivity (Wildman–Crippen MR) is 60.5 cm³/mol. The maximum absolute atomic E-state index is 11.6. The van der Waals surface area contributed by atoms with Gasteiger partial charge in [0.1, 0.15) is 10.5 Å². The Labute approximate surface area is 97.6 Å². The van der Waals surface area contributed by atoms with E-state index in [-0.39, 0.29) is 12.5 Å². The minimum Gasteiger partial charge on any atom is -0.480 e. The van der Waals surface area contributed by atoms with Crippen molar-refractivity contribution in [1.82, 2.24) is 0 Å². The summed E-state index contributed by atoms with van der Waals surface area (Å²) in [6, 6.07) is 0. The fourth-order valence-electron chi connectivity index (χ4n) is 0.867. The van der Waals surface area contributed by atoms with Gasteiger partial charge in [-0.1, -0.05) is 13.8 Å². The number of carbonyl (C=O) groups excluding carboxylic acids is 1. The number of ether oxygens (including phenoxy) is 1. The van der Waals surface area contributed by atoms with E-state index in [1.807, 2.05) is 13.8 Å². The monoisotopic (exact) mass is 250 g/mol. The molecule has 3 unspecified atom stereocenters. The van der Waals surface area contributed by atoms with Gasteiger partial charge in [0, 0.05) is 10.8 Å². The van der Waals surface area contributed by atoms with Gasteiger partial charge in [-0.05, 0) is 19.8 Å². The lowest BCUT2D eigenvalue weighted by atomic mass is 10.2. The number of rotatable bonds is 6. The lowest BCUT2D eigenvalue weighted by molar-refractivity contribution is -0.143. The zero-order valence-electron chi connectivity index (χ0n) is 9.93. The summed E-state index contributed by atoms with van der Waals surface area (Å²) in [5.41, 5.74) is 0. The van der Waals surface area contributed by atoms with E-state index < -0.39 is 33.2 Å². The molecule has 5 nitrogen and oxygen atoms in total. The molecule has 0 aromatic carbocycles. The second-order valence-electron chi connectivity index (χ2n) is 3.98. The number of aliphatic carboxylic acids is 1. The number of carboxylic acids is 1. The first-order valence-corrected chi connectivity index (χ1v) is 6.33. The van der Waals surface area contributed by atoms with Crippen molar-refractivity contribution in [2.24, 2.45) is 5.92 Å². The Balaban J connectivity index is 4.33. The Hall–Kier alpha value is -0.910. The zero-order valence-corrected chi connectivity index (χ0v) is 10.7. The van der Waals surface area contributed by atoms with Crippen LogP contribution in [0.3, 0.4) is 0 Å². The molecule has 0 bridgehead atoms. The van der Waals surface area contributed by atoms with Gasteiger partial charge in [-0.15, -0.1) is 0 Å². The van der Waals surface area contributed by atoms with Crippen LogP contribution in [-0.4, -0.2) is 38.4 Å². The highest BCUT2D eigenvalue weighted by Gasteiger charge is 2.29. The average molecular weight is 250 g/mol. The second kappa shape index (κ2) is 6.62. The summed E-state index contributed by atoms with van der Waals surface area (Å²) in [6.45, 7) is 6.74. The highest BCUT2D eigenvalue weighted by atomic mass is 32.2. The molecule has 0 aromatic heterocycles. The first kappa shape index (κ1) is 15.1. The quantitative estimate of drug-likeness (QED) is 0.705. The Morgan fingerprint density at radius 1 is 1.19 bits per heavy atom. The summed E-state index contributed by atoms with van der Waals surface area (Å²) in [7, 11) is -1.76. The third kappa shape index (κ3) is 4.74. The van der Waals surface area contributed by atoms with E-state index in [9.17, 15) is 13.8 Å². The van der Waals surface area contributed by atoms with Gasteiger partial charge in [0.25, 0.3) is 0 Å². The molecular weight excluding hydrogens is 232 g/mol. The van der Waals surface area contributed by atoms with Gasteiger partial charge in [-0.3, -0.25) is 13.8 Å². The van der Waals surface area contributed by atoms with Gasteiger partial charge in [-0.2, -0.15) is 0 Å². The van der Waals surface area contributed by atoms with Gasteiger partial charge in [0.2, 0.25) is 0 Å². The van der Waals surface area contributed by atoms with E-state index in [2.05, 4.69) is 0 Å². The van der Waals surface area contributed by atoms with Crippen LogP contribution < -0.4 is 0 Å². The molecule has 6 heteroatoms. The topological polar surface area (TPSA) is 80.7 Å². The van der Waals surface area contributed by atoms with Crippen molar-refractivity contribution in [3.05, 3.63) is 0 Å². The number of hydrogen-bond acceptors (Lipinski definition) is 4. The molecule has 0 saturated heterocycles. The molecule has 0 radical (unpaired) electrons. The summed E-state index contributed by atoms with van der Waals surface area (Å²) in [5, 5.41) is 6.68. The lowest BCUT2D eigenvalue weighted by Crippen LogP contribution is -2.34. The molecule has 0 aliphatic carbocycles. The fraction of sp³-hybridized carbons (Fsp3) is 0.800. The normalized spacial score (nSPS) is 16.6. The van der Waals surface area contributed by atoms with E-state index >= 15 is 0 Å². The van der Waals surface area contributed by atoms with Crippen LogP contribution in [0.15, 0.2) is 0 Å². The van der Waals surface area contributed by atoms with E-state index in [0.717, 1.165) is 0 Å². The van der Waals surface area contributed by atoms with Gasteiger partial charge in [-0.25, -0.2) is 0 Å². The zero-order chi connectivity index (χ0) is 12.9. The van der Waals surface area contributed by atoms with Crippen LogP contribution in [0.25, 0.3) is 0 Å². The molecular formula is C10H18O5S. The van der Waals surface area contributed by atoms with E-state index in [1.165, 1.54) is 13.8 Å². The van der Waals surface area contributed by atoms with Crippen molar-refractivity contribution in [2.75, 3.05) is 6.61 Å². The van der Waals surface area contributed by atoms with E-state index in [1.54, 1.807) is 0 Å². The van der Waals surface area contributed by atoms with Crippen LogP contribution >= 0.6 is 0 Å². The third-order valence-corrected chi connectivity index (χ3v) is 3.72. The van der Waals surface area contributed by atoms with Crippen molar-refractivity contribution in [3.8, 4) is 0 Å². The number of carbonyl (C=O) groups is 2. The summed E-state index contributed by atoms with van der Waals surface area (Å²) in [4.78, 5) is 22.0. The van der Waals surface area contributed by atoms with Crippen LogP contribution in [0.5, 0.6) is 0 Å². The molecule has 0 rings (SSSR count). The minimum atomic E-state index is -1.76. The van der Waals surface area contributed by atoms with Gasteiger partial charge >= 0.3 is 11.9 Å². The van der Waals surface area contributed by atoms with Gasteiger partial charge in [0.15, 0.2) is 0 Å². The van der Waals surface area contributed by atoms with Crippen molar-refractivity contribution < 1.29 is 23.6 Å². The van der Waals surface area contributed by atoms with Crippen LogP contribution in [-0.2, 0) is 25.1 Å². The highest BCUT2D eigenvalue weighted by Crippen LogP contribution is 2.07. The molecule has 0 amide bonds. The van der Waals surface area contributed by atoms with Gasteiger partial charge in [0.05, 0.1) is 6.61 Å². The number of carboxylic acid groups (broad SMARTS) is 1. The first-order chi connectivity index (χ1) is 7.27. The molecule has 3 atom stereocenters. The molecule has 0 spiro atoms. The average Bonchev–Trinajstić information content (AvgIpc) is 2.22. The van der Waals surface area contributed by atoms with Crippen LogP contribution in [0, 0.1) is 5.92 Å². The maximum atomic E-state index is 11.6. The van der Waals surface area contributed by atoms with E-state index in [0.29, 0.717) is 0 Å². The van der Waals surface area contributed by atoms with Crippen molar-refractivity contribution in [3.63, 3.8) is 0 Å². The summed E-state index contributed by atoms with van der Waals surface area (Å²) >= 11 is 0. The van der Waals surface area contributed by atoms with Crippen LogP contribution in [0.4, 0.5) is 0 Å². The predicted octanol–water partition coefficient (Wildman–Crippen LogP) is 0.796. The van der Waals surface area contributed by atoms with Crippen LogP contribution in [0.2, 0.25) is 0 Å². The Morgan fingerprint density at radius 2 is 1.69 bits per heavy atom. The van der Waals surface area contributed by atoms with Crippen molar-refractivity contribution in [2.45, 2.75) is 38.2 Å². The van der Waals surface area contributed by atoms with Gasteiger partial charge < -0.3 is 9.84 Å². The maximum Gasteiger partial charge on any atom is 0.321 e. The molecule has 0 aliphatic rings. The Bertz CT molecular complexity index is 287. The van der Waals surface area contributed by atoms with Crippen molar-refractivity contribution in [1.29, 1.82) is 0 Å². The standard InChI is InChI=1S/C10H18O5S/c1-6(2)5-15-10(13)8(4)16(14)7(3)9(11)12/h6-8H,5H2,1-4H3,(H,11,12). The van der Waals surface area contributed by atoms with Crippen molar-refractivity contribution >= 4 is 22.7 Å². The highest BCUT2D eigenvalue weighted by molar-refractivity contribution is 7.87.